The van der Waals surface area contributed by atoms with Gasteiger partial charge in [0.2, 0.25) is 0 Å². The predicted octanol–water partition coefficient (Wildman–Crippen LogP) is 2.13. The van der Waals surface area contributed by atoms with Crippen molar-refractivity contribution in [1.29, 1.82) is 0 Å². The third-order valence-corrected chi connectivity index (χ3v) is 4.15. The minimum Gasteiger partial charge on any atom is -0.329 e. The van der Waals surface area contributed by atoms with Crippen molar-refractivity contribution >= 4 is 19.2 Å². The highest BCUT2D eigenvalue weighted by atomic mass is 32.1. The van der Waals surface area contributed by atoms with Crippen molar-refractivity contribution in [3.63, 3.8) is 0 Å². The summed E-state index contributed by atoms with van der Waals surface area (Å²) < 4.78 is 22.0. The summed E-state index contributed by atoms with van der Waals surface area (Å²) in [7, 11) is 2.07. The van der Waals surface area contributed by atoms with Crippen molar-refractivity contribution in [3.8, 4) is 0 Å². The van der Waals surface area contributed by atoms with E-state index in [9.17, 15) is 9.46 Å². The van der Waals surface area contributed by atoms with Crippen LogP contribution in [-0.4, -0.2) is 50.3 Å². The van der Waals surface area contributed by atoms with Crippen LogP contribution in [0.5, 0.6) is 0 Å². The van der Waals surface area contributed by atoms with Crippen LogP contribution in [0, 0.1) is 0 Å². The van der Waals surface area contributed by atoms with E-state index in [1.54, 1.807) is 11.3 Å². The second-order valence-electron chi connectivity index (χ2n) is 4.98. The third-order valence-electron chi connectivity index (χ3n) is 2.20. The number of phosphoric acid groups is 1. The van der Waals surface area contributed by atoms with Crippen LogP contribution in [0.15, 0.2) is 17.5 Å². The van der Waals surface area contributed by atoms with Crippen molar-refractivity contribution in [1.82, 2.24) is 0 Å². The molecule has 0 fully saturated rings. The Morgan fingerprint density at radius 3 is 2.56 bits per heavy atom. The first kappa shape index (κ1) is 15.8. The molecule has 0 aliphatic carbocycles. The number of phosphoric ester groups is 1. The van der Waals surface area contributed by atoms with Crippen LogP contribution in [0.4, 0.5) is 0 Å². The number of hydrogen-bond donors (Lipinski definition) is 1. The lowest BCUT2D eigenvalue weighted by Gasteiger charge is -2.23. The molecule has 0 amide bonds. The summed E-state index contributed by atoms with van der Waals surface area (Å²) in [6.07, 6.45) is 0.626. The molecule has 1 rings (SSSR count). The van der Waals surface area contributed by atoms with Gasteiger partial charge in [-0.15, -0.1) is 11.3 Å². The van der Waals surface area contributed by atoms with Gasteiger partial charge >= 0.3 is 7.82 Å². The van der Waals surface area contributed by atoms with Crippen molar-refractivity contribution < 1.29 is 23.0 Å². The zero-order valence-electron chi connectivity index (χ0n) is 11.0. The van der Waals surface area contributed by atoms with Crippen molar-refractivity contribution in [2.24, 2.45) is 0 Å². The molecule has 1 aromatic heterocycles. The molecule has 7 heteroatoms. The highest BCUT2D eigenvalue weighted by Gasteiger charge is 2.22. The molecule has 0 saturated carbocycles. The first-order valence-electron chi connectivity index (χ1n) is 5.73. The fourth-order valence-electron chi connectivity index (χ4n) is 1.18. The summed E-state index contributed by atoms with van der Waals surface area (Å²) in [6, 6.07) is 3.91. The molecule has 1 N–H and O–H groups in total. The fraction of sp³-hybridized carbons (Fsp3) is 0.636. The van der Waals surface area contributed by atoms with Crippen LogP contribution in [0.25, 0.3) is 0 Å². The first-order valence-corrected chi connectivity index (χ1v) is 8.11. The molecule has 5 nitrogen and oxygen atoms in total. The van der Waals surface area contributed by atoms with E-state index in [2.05, 4.69) is 0 Å². The van der Waals surface area contributed by atoms with Gasteiger partial charge in [-0.05, 0) is 11.4 Å². The zero-order valence-corrected chi connectivity index (χ0v) is 12.7. The van der Waals surface area contributed by atoms with Crippen LogP contribution in [0.1, 0.15) is 4.88 Å². The standard InChI is InChI=1S/C11H20NO4PS/c1-12(2,3)7-9-16-17(13,14)15-8-6-11-5-4-10-18-11/h4-5,10H,6-9H2,1-3H3/p+1. The summed E-state index contributed by atoms with van der Waals surface area (Å²) in [4.78, 5) is 10.6. The lowest BCUT2D eigenvalue weighted by molar-refractivity contribution is -0.870. The summed E-state index contributed by atoms with van der Waals surface area (Å²) >= 11 is 1.60. The number of likely N-dealkylation sites (N-methyl/N-ethyl adjacent to an activating group) is 1. The van der Waals surface area contributed by atoms with E-state index in [0.717, 1.165) is 4.88 Å². The Labute approximate surface area is 112 Å². The third kappa shape index (κ3) is 7.26. The van der Waals surface area contributed by atoms with E-state index in [0.29, 0.717) is 17.4 Å². The SMILES string of the molecule is C[N+](C)(C)CCOP(=O)(O)OCCc1cccs1. The van der Waals surface area contributed by atoms with Crippen LogP contribution < -0.4 is 0 Å². The Bertz CT molecular complexity index is 388. The predicted molar refractivity (Wildman–Crippen MR) is 72.7 cm³/mol. The molecule has 1 heterocycles. The van der Waals surface area contributed by atoms with Gasteiger partial charge in [-0.3, -0.25) is 9.05 Å². The average molecular weight is 294 g/mol. The van der Waals surface area contributed by atoms with Crippen molar-refractivity contribution in [2.75, 3.05) is 40.9 Å². The van der Waals surface area contributed by atoms with E-state index in [1.807, 2.05) is 38.7 Å². The summed E-state index contributed by atoms with van der Waals surface area (Å²) in [5, 5.41) is 1.96. The van der Waals surface area contributed by atoms with Gasteiger partial charge in [-0.2, -0.15) is 0 Å². The van der Waals surface area contributed by atoms with Gasteiger partial charge in [-0.25, -0.2) is 4.57 Å². The fourth-order valence-corrected chi connectivity index (χ4v) is 2.58. The Morgan fingerprint density at radius 1 is 1.33 bits per heavy atom. The number of thiophene rings is 1. The second kappa shape index (κ2) is 6.80. The quantitative estimate of drug-likeness (QED) is 0.589. The van der Waals surface area contributed by atoms with Crippen molar-refractivity contribution in [2.45, 2.75) is 6.42 Å². The lowest BCUT2D eigenvalue weighted by Crippen LogP contribution is -2.37. The second-order valence-corrected chi connectivity index (χ2v) is 7.46. The first-order chi connectivity index (χ1) is 8.29. The van der Waals surface area contributed by atoms with Crippen LogP contribution in [0.2, 0.25) is 0 Å². The molecular weight excluding hydrogens is 273 g/mol. The van der Waals surface area contributed by atoms with E-state index in [1.165, 1.54) is 0 Å². The maximum atomic E-state index is 11.5. The molecule has 0 aliphatic heterocycles. The largest absolute Gasteiger partial charge is 0.472 e. The average Bonchev–Trinajstić information content (AvgIpc) is 2.67. The minimum absolute atomic E-state index is 0.193. The number of nitrogens with zero attached hydrogens (tertiary/aromatic N) is 1. The highest BCUT2D eigenvalue weighted by Crippen LogP contribution is 2.43. The van der Waals surface area contributed by atoms with Gasteiger partial charge in [0.1, 0.15) is 13.2 Å². The normalized spacial score (nSPS) is 15.6. The van der Waals surface area contributed by atoms with Gasteiger partial charge in [0.25, 0.3) is 0 Å². The molecule has 1 atom stereocenters. The molecule has 0 spiro atoms. The van der Waals surface area contributed by atoms with Gasteiger partial charge in [-0.1, -0.05) is 6.07 Å². The molecule has 1 aromatic rings. The van der Waals surface area contributed by atoms with Gasteiger partial charge in [0.15, 0.2) is 0 Å². The molecule has 18 heavy (non-hydrogen) atoms. The van der Waals surface area contributed by atoms with Gasteiger partial charge in [0, 0.05) is 11.3 Å². The highest BCUT2D eigenvalue weighted by molar-refractivity contribution is 7.47. The smallest absolute Gasteiger partial charge is 0.329 e. The van der Waals surface area contributed by atoms with Crippen LogP contribution >= 0.6 is 19.2 Å². The molecule has 0 saturated heterocycles. The molecule has 0 bridgehead atoms. The summed E-state index contributed by atoms with van der Waals surface area (Å²) in [5.41, 5.74) is 0. The van der Waals surface area contributed by atoms with E-state index in [4.69, 9.17) is 9.05 Å². The molecule has 0 aromatic carbocycles. The topological polar surface area (TPSA) is 55.8 Å². The van der Waals surface area contributed by atoms with Crippen LogP contribution in [0.3, 0.4) is 0 Å². The Morgan fingerprint density at radius 2 is 2.00 bits per heavy atom. The summed E-state index contributed by atoms with van der Waals surface area (Å²) in [5.74, 6) is 0. The Balaban J connectivity index is 2.21. The maximum Gasteiger partial charge on any atom is 0.472 e. The maximum absolute atomic E-state index is 11.5. The Hall–Kier alpha value is -0.230. The monoisotopic (exact) mass is 294 g/mol. The Kier molecular flexibility index (Phi) is 5.98. The molecule has 0 aliphatic rings. The van der Waals surface area contributed by atoms with Gasteiger partial charge < -0.3 is 9.38 Å². The van der Waals surface area contributed by atoms with E-state index in [-0.39, 0.29) is 13.2 Å². The van der Waals surface area contributed by atoms with E-state index < -0.39 is 7.82 Å². The minimum atomic E-state index is -3.90. The number of hydrogen-bond acceptors (Lipinski definition) is 4. The lowest BCUT2D eigenvalue weighted by atomic mass is 10.4. The number of rotatable bonds is 8. The van der Waals surface area contributed by atoms with Crippen LogP contribution in [-0.2, 0) is 20.0 Å². The van der Waals surface area contributed by atoms with Gasteiger partial charge in [0.05, 0.1) is 27.7 Å². The van der Waals surface area contributed by atoms with Crippen molar-refractivity contribution in [3.05, 3.63) is 22.4 Å². The zero-order chi connectivity index (χ0) is 13.6. The molecular formula is C11H21NO4PS+. The molecule has 1 unspecified atom stereocenters. The van der Waals surface area contributed by atoms with E-state index >= 15 is 0 Å². The molecule has 104 valence electrons. The number of quaternary nitrogens is 1. The molecule has 0 radical (unpaired) electrons. The summed E-state index contributed by atoms with van der Waals surface area (Å²) in [6.45, 7) is 1.05.